The van der Waals surface area contributed by atoms with E-state index in [2.05, 4.69) is 11.4 Å². The maximum atomic E-state index is 13.2. The maximum absolute atomic E-state index is 13.2. The number of fused-ring (bicyclic) bond motifs is 3. The number of hydrogen-bond donors (Lipinski definition) is 1. The lowest BCUT2D eigenvalue weighted by Gasteiger charge is -2.22. The Morgan fingerprint density at radius 1 is 1.12 bits per heavy atom. The van der Waals surface area contributed by atoms with Gasteiger partial charge in [-0.25, -0.2) is 9.78 Å². The second-order valence-corrected chi connectivity index (χ2v) is 8.00. The van der Waals surface area contributed by atoms with Crippen LogP contribution in [0.25, 0.3) is 22.6 Å². The van der Waals surface area contributed by atoms with Crippen LogP contribution in [-0.2, 0) is 16.0 Å². The molecule has 2 aliphatic rings. The Morgan fingerprint density at radius 3 is 2.85 bits per heavy atom. The van der Waals surface area contributed by atoms with Crippen LogP contribution in [0.2, 0.25) is 0 Å². The van der Waals surface area contributed by atoms with Gasteiger partial charge >= 0.3 is 5.97 Å². The topological polar surface area (TPSA) is 86.8 Å². The third-order valence-corrected chi connectivity index (χ3v) is 5.82. The Morgan fingerprint density at radius 2 is 1.97 bits per heavy atom. The summed E-state index contributed by atoms with van der Waals surface area (Å²) in [7, 11) is 0. The molecule has 1 aliphatic carbocycles. The molecular weight excluding hydrogens is 420 g/mol. The molecule has 168 valence electrons. The van der Waals surface area contributed by atoms with Crippen molar-refractivity contribution >= 4 is 34.4 Å². The fourth-order valence-electron chi connectivity index (χ4n) is 4.36. The standard InChI is InChI=1S/C26H24N2O5/c1-2-27-23(29)14-31-26(30)24-18-7-3-4-9-20(18)28-25-17(6-5-8-19(24)25)12-16-10-11-21-22(13-16)33-15-32-21/h3-4,7,9-13H,2,5-6,8,14-15H2,1H3,(H,27,29)/b17-12+. The number of allylic oxidation sites excluding steroid dienone is 1. The molecule has 1 aliphatic heterocycles. The van der Waals surface area contributed by atoms with E-state index in [1.807, 2.05) is 49.4 Å². The van der Waals surface area contributed by atoms with Gasteiger partial charge in [0.05, 0.1) is 16.8 Å². The highest BCUT2D eigenvalue weighted by Gasteiger charge is 2.26. The van der Waals surface area contributed by atoms with Gasteiger partial charge in [-0.2, -0.15) is 0 Å². The van der Waals surface area contributed by atoms with E-state index in [-0.39, 0.29) is 19.3 Å². The minimum Gasteiger partial charge on any atom is -0.454 e. The molecular formula is C26H24N2O5. The highest BCUT2D eigenvalue weighted by molar-refractivity contribution is 6.07. The number of nitrogens with zero attached hydrogens (tertiary/aromatic N) is 1. The Kier molecular flexibility index (Phi) is 5.69. The highest BCUT2D eigenvalue weighted by Crippen LogP contribution is 2.38. The van der Waals surface area contributed by atoms with E-state index in [1.54, 1.807) is 0 Å². The van der Waals surface area contributed by atoms with E-state index in [9.17, 15) is 9.59 Å². The second-order valence-electron chi connectivity index (χ2n) is 8.00. The first-order valence-electron chi connectivity index (χ1n) is 11.1. The Labute approximate surface area is 191 Å². The monoisotopic (exact) mass is 444 g/mol. The molecule has 0 saturated carbocycles. The molecule has 2 heterocycles. The SMILES string of the molecule is CCNC(=O)COC(=O)c1c2c(nc3ccccc13)/C(=C/c1ccc3c(c1)OCO3)CCC2. The number of rotatable bonds is 5. The normalized spacial score (nSPS) is 15.4. The van der Waals surface area contributed by atoms with E-state index < -0.39 is 5.97 Å². The molecule has 1 N–H and O–H groups in total. The third kappa shape index (κ3) is 4.14. The number of hydrogen-bond acceptors (Lipinski definition) is 6. The molecule has 0 spiro atoms. The molecule has 7 nitrogen and oxygen atoms in total. The summed E-state index contributed by atoms with van der Waals surface area (Å²) < 4.78 is 16.3. The lowest BCUT2D eigenvalue weighted by Crippen LogP contribution is -2.28. The summed E-state index contributed by atoms with van der Waals surface area (Å²) in [5.74, 6) is 0.644. The van der Waals surface area contributed by atoms with Crippen molar-refractivity contribution in [1.82, 2.24) is 10.3 Å². The van der Waals surface area contributed by atoms with Crippen molar-refractivity contribution in [3.05, 3.63) is 64.8 Å². The minimum atomic E-state index is -0.500. The van der Waals surface area contributed by atoms with E-state index in [4.69, 9.17) is 19.2 Å². The molecule has 0 fully saturated rings. The van der Waals surface area contributed by atoms with Crippen LogP contribution in [-0.4, -0.2) is 36.8 Å². The van der Waals surface area contributed by atoms with Crippen LogP contribution >= 0.6 is 0 Å². The van der Waals surface area contributed by atoms with Crippen molar-refractivity contribution in [2.75, 3.05) is 19.9 Å². The first kappa shape index (κ1) is 21.0. The summed E-state index contributed by atoms with van der Waals surface area (Å²) >= 11 is 0. The van der Waals surface area contributed by atoms with Crippen LogP contribution in [0, 0.1) is 0 Å². The lowest BCUT2D eigenvalue weighted by molar-refractivity contribution is -0.124. The Bertz CT molecular complexity index is 1280. The van der Waals surface area contributed by atoms with Gasteiger partial charge in [0.2, 0.25) is 6.79 Å². The quantitative estimate of drug-likeness (QED) is 0.596. The van der Waals surface area contributed by atoms with Gasteiger partial charge in [0, 0.05) is 11.9 Å². The van der Waals surface area contributed by atoms with Crippen molar-refractivity contribution in [3.8, 4) is 11.5 Å². The highest BCUT2D eigenvalue weighted by atomic mass is 16.7. The van der Waals surface area contributed by atoms with Gasteiger partial charge in [0.25, 0.3) is 5.91 Å². The number of pyridine rings is 1. The van der Waals surface area contributed by atoms with Gasteiger partial charge in [-0.15, -0.1) is 0 Å². The van der Waals surface area contributed by atoms with E-state index in [1.165, 1.54) is 0 Å². The van der Waals surface area contributed by atoms with Crippen molar-refractivity contribution in [3.63, 3.8) is 0 Å². The average molecular weight is 444 g/mol. The summed E-state index contributed by atoms with van der Waals surface area (Å²) in [6.07, 6.45) is 4.54. The van der Waals surface area contributed by atoms with Crippen LogP contribution in [0.5, 0.6) is 11.5 Å². The number of nitrogens with one attached hydrogen (secondary N) is 1. The molecule has 5 rings (SSSR count). The molecule has 0 bridgehead atoms. The predicted molar refractivity (Wildman–Crippen MR) is 124 cm³/mol. The molecule has 0 radical (unpaired) electrons. The number of likely N-dealkylation sites (N-methyl/N-ethyl adjacent to an activating group) is 1. The fraction of sp³-hybridized carbons (Fsp3) is 0.269. The number of ether oxygens (including phenoxy) is 3. The van der Waals surface area contributed by atoms with E-state index >= 15 is 0 Å². The lowest BCUT2D eigenvalue weighted by atomic mass is 9.86. The fourth-order valence-corrected chi connectivity index (χ4v) is 4.36. The zero-order chi connectivity index (χ0) is 22.8. The first-order valence-corrected chi connectivity index (χ1v) is 11.1. The first-order chi connectivity index (χ1) is 16.1. The molecule has 0 unspecified atom stereocenters. The zero-order valence-electron chi connectivity index (χ0n) is 18.3. The summed E-state index contributed by atoms with van der Waals surface area (Å²) in [5.41, 5.74) is 4.93. The maximum Gasteiger partial charge on any atom is 0.339 e. The molecule has 0 saturated heterocycles. The number of benzene rings is 2. The average Bonchev–Trinajstić information content (AvgIpc) is 3.29. The van der Waals surface area contributed by atoms with Crippen LogP contribution in [0.1, 0.15) is 46.9 Å². The molecule has 1 aromatic heterocycles. The van der Waals surface area contributed by atoms with E-state index in [0.29, 0.717) is 12.1 Å². The largest absolute Gasteiger partial charge is 0.454 e. The second kappa shape index (κ2) is 8.94. The van der Waals surface area contributed by atoms with Gasteiger partial charge in [0.15, 0.2) is 18.1 Å². The summed E-state index contributed by atoms with van der Waals surface area (Å²) in [5, 5.41) is 3.38. The summed E-state index contributed by atoms with van der Waals surface area (Å²) in [6.45, 7) is 2.23. The smallest absolute Gasteiger partial charge is 0.339 e. The molecule has 1 amide bonds. The van der Waals surface area contributed by atoms with Gasteiger partial charge in [-0.05, 0) is 67.2 Å². The van der Waals surface area contributed by atoms with Crippen LogP contribution < -0.4 is 14.8 Å². The number of carbonyl (C=O) groups excluding carboxylic acids is 2. The van der Waals surface area contributed by atoms with Crippen molar-refractivity contribution in [1.29, 1.82) is 0 Å². The molecule has 3 aromatic rings. The molecule has 0 atom stereocenters. The van der Waals surface area contributed by atoms with Crippen molar-refractivity contribution in [2.24, 2.45) is 0 Å². The number of para-hydroxylation sites is 1. The molecule has 7 heteroatoms. The van der Waals surface area contributed by atoms with Gasteiger partial charge in [-0.3, -0.25) is 4.79 Å². The number of amides is 1. The van der Waals surface area contributed by atoms with Crippen LogP contribution in [0.3, 0.4) is 0 Å². The number of esters is 1. The summed E-state index contributed by atoms with van der Waals surface area (Å²) in [4.78, 5) is 29.9. The van der Waals surface area contributed by atoms with Gasteiger partial charge in [0.1, 0.15) is 0 Å². The van der Waals surface area contributed by atoms with Crippen LogP contribution in [0.15, 0.2) is 42.5 Å². The summed E-state index contributed by atoms with van der Waals surface area (Å²) in [6, 6.07) is 13.4. The Balaban J connectivity index is 1.57. The van der Waals surface area contributed by atoms with Crippen molar-refractivity contribution < 1.29 is 23.8 Å². The number of carbonyl (C=O) groups is 2. The van der Waals surface area contributed by atoms with Crippen molar-refractivity contribution in [2.45, 2.75) is 26.2 Å². The third-order valence-electron chi connectivity index (χ3n) is 5.82. The van der Waals surface area contributed by atoms with Gasteiger partial charge in [-0.1, -0.05) is 24.3 Å². The van der Waals surface area contributed by atoms with Crippen LogP contribution in [0.4, 0.5) is 0 Å². The molecule has 2 aromatic carbocycles. The zero-order valence-corrected chi connectivity index (χ0v) is 18.3. The molecule has 33 heavy (non-hydrogen) atoms. The minimum absolute atomic E-state index is 0.230. The van der Waals surface area contributed by atoms with E-state index in [0.717, 1.165) is 64.1 Å². The van der Waals surface area contributed by atoms with Gasteiger partial charge < -0.3 is 19.5 Å². The number of aromatic nitrogens is 1. The Hall–Kier alpha value is -3.87. The predicted octanol–water partition coefficient (Wildman–Crippen LogP) is 4.13.